The molecule has 0 saturated heterocycles. The third-order valence-electron chi connectivity index (χ3n) is 5.70. The summed E-state index contributed by atoms with van der Waals surface area (Å²) < 4.78 is 28.0. The van der Waals surface area contributed by atoms with Gasteiger partial charge in [-0.05, 0) is 55.6 Å². The molecule has 0 bridgehead atoms. The van der Waals surface area contributed by atoms with Crippen molar-refractivity contribution in [3.8, 4) is 22.3 Å². The summed E-state index contributed by atoms with van der Waals surface area (Å²) in [5.41, 5.74) is 6.67. The second-order valence-electron chi connectivity index (χ2n) is 9.19. The van der Waals surface area contributed by atoms with Crippen LogP contribution >= 0.6 is 0 Å². The predicted octanol–water partition coefficient (Wildman–Crippen LogP) is 6.95. The normalized spacial score (nSPS) is 12.2. The van der Waals surface area contributed by atoms with Crippen molar-refractivity contribution in [2.75, 3.05) is 6.26 Å². The summed E-state index contributed by atoms with van der Waals surface area (Å²) in [6.07, 6.45) is 1.07. The lowest BCUT2D eigenvalue weighted by Gasteiger charge is -2.19. The lowest BCUT2D eigenvalue weighted by atomic mass is 9.86. The SMILES string of the molecule is CC(C)(C)c1ccc(-c2cccc3cc(-c4ccccc4COS(C)(=O)=O)ccc23)cc1. The average molecular weight is 445 g/mol. The van der Waals surface area contributed by atoms with Crippen molar-refractivity contribution in [2.24, 2.45) is 0 Å². The van der Waals surface area contributed by atoms with Crippen LogP contribution in [0.15, 0.2) is 84.9 Å². The molecular formula is C28H28O3S. The summed E-state index contributed by atoms with van der Waals surface area (Å²) in [4.78, 5) is 0. The van der Waals surface area contributed by atoms with Gasteiger partial charge in [0.05, 0.1) is 12.9 Å². The van der Waals surface area contributed by atoms with Crippen molar-refractivity contribution in [2.45, 2.75) is 32.8 Å². The molecule has 0 saturated carbocycles. The minimum atomic E-state index is -3.50. The van der Waals surface area contributed by atoms with E-state index in [0.717, 1.165) is 28.3 Å². The lowest BCUT2D eigenvalue weighted by Crippen LogP contribution is -2.10. The lowest BCUT2D eigenvalue weighted by molar-refractivity contribution is 0.312. The minimum Gasteiger partial charge on any atom is -0.265 e. The van der Waals surface area contributed by atoms with Gasteiger partial charge in [0.2, 0.25) is 0 Å². The maximum atomic E-state index is 11.5. The van der Waals surface area contributed by atoms with Crippen LogP contribution in [-0.2, 0) is 26.3 Å². The van der Waals surface area contributed by atoms with Crippen LogP contribution in [0.1, 0.15) is 31.9 Å². The Balaban J connectivity index is 1.73. The van der Waals surface area contributed by atoms with Gasteiger partial charge in [0.15, 0.2) is 0 Å². The molecule has 32 heavy (non-hydrogen) atoms. The van der Waals surface area contributed by atoms with E-state index in [1.165, 1.54) is 22.1 Å². The van der Waals surface area contributed by atoms with Crippen LogP contribution in [0.3, 0.4) is 0 Å². The summed E-state index contributed by atoms with van der Waals surface area (Å²) in [5, 5.41) is 2.32. The molecule has 4 rings (SSSR count). The second-order valence-corrected chi connectivity index (χ2v) is 10.8. The molecule has 0 N–H and O–H groups in total. The minimum absolute atomic E-state index is 0.0210. The highest BCUT2D eigenvalue weighted by molar-refractivity contribution is 7.85. The molecule has 164 valence electrons. The first-order chi connectivity index (χ1) is 15.1. The third-order valence-corrected chi connectivity index (χ3v) is 6.25. The molecule has 0 amide bonds. The summed E-state index contributed by atoms with van der Waals surface area (Å²) >= 11 is 0. The zero-order valence-corrected chi connectivity index (χ0v) is 19.7. The van der Waals surface area contributed by atoms with E-state index in [0.29, 0.717) is 0 Å². The molecule has 4 aromatic rings. The van der Waals surface area contributed by atoms with Crippen molar-refractivity contribution in [1.29, 1.82) is 0 Å². The zero-order valence-electron chi connectivity index (χ0n) is 18.9. The highest BCUT2D eigenvalue weighted by atomic mass is 32.2. The van der Waals surface area contributed by atoms with Crippen molar-refractivity contribution >= 4 is 20.9 Å². The van der Waals surface area contributed by atoms with Gasteiger partial charge >= 0.3 is 0 Å². The third kappa shape index (κ3) is 4.93. The summed E-state index contributed by atoms with van der Waals surface area (Å²) in [6, 6.07) is 29.3. The first-order valence-electron chi connectivity index (χ1n) is 10.7. The number of hydrogen-bond donors (Lipinski definition) is 0. The van der Waals surface area contributed by atoms with E-state index in [-0.39, 0.29) is 12.0 Å². The molecular weight excluding hydrogens is 416 g/mol. The van der Waals surface area contributed by atoms with Crippen LogP contribution in [0.25, 0.3) is 33.0 Å². The van der Waals surface area contributed by atoms with Crippen LogP contribution in [0.2, 0.25) is 0 Å². The van der Waals surface area contributed by atoms with E-state index < -0.39 is 10.1 Å². The molecule has 4 heteroatoms. The first-order valence-corrected chi connectivity index (χ1v) is 12.5. The summed E-state index contributed by atoms with van der Waals surface area (Å²) in [5.74, 6) is 0. The smallest absolute Gasteiger partial charge is 0.264 e. The van der Waals surface area contributed by atoms with Crippen LogP contribution in [0.5, 0.6) is 0 Å². The van der Waals surface area contributed by atoms with E-state index >= 15 is 0 Å². The van der Waals surface area contributed by atoms with Crippen molar-refractivity contribution in [3.05, 3.63) is 96.1 Å². The largest absolute Gasteiger partial charge is 0.265 e. The van der Waals surface area contributed by atoms with Crippen LogP contribution < -0.4 is 0 Å². The summed E-state index contributed by atoms with van der Waals surface area (Å²) in [6.45, 7) is 6.69. The van der Waals surface area contributed by atoms with Crippen molar-refractivity contribution in [3.63, 3.8) is 0 Å². The Bertz CT molecular complexity index is 1360. The van der Waals surface area contributed by atoms with Gasteiger partial charge in [0.1, 0.15) is 0 Å². The van der Waals surface area contributed by atoms with Gasteiger partial charge in [-0.3, -0.25) is 4.18 Å². The van der Waals surface area contributed by atoms with Crippen LogP contribution in [0, 0.1) is 0 Å². The molecule has 0 aliphatic carbocycles. The Labute approximate surface area is 190 Å². The van der Waals surface area contributed by atoms with Gasteiger partial charge in [-0.1, -0.05) is 99.6 Å². The Morgan fingerprint density at radius 1 is 0.750 bits per heavy atom. The molecule has 4 aromatic carbocycles. The Morgan fingerprint density at radius 2 is 1.41 bits per heavy atom. The van der Waals surface area contributed by atoms with Crippen LogP contribution in [0.4, 0.5) is 0 Å². The molecule has 0 aliphatic rings. The van der Waals surface area contributed by atoms with Gasteiger partial charge in [0, 0.05) is 0 Å². The number of rotatable bonds is 5. The highest BCUT2D eigenvalue weighted by Crippen LogP contribution is 2.34. The zero-order chi connectivity index (χ0) is 22.9. The monoisotopic (exact) mass is 444 g/mol. The quantitative estimate of drug-likeness (QED) is 0.313. The van der Waals surface area contributed by atoms with E-state index in [4.69, 9.17) is 4.18 Å². The number of fused-ring (bicyclic) bond motifs is 1. The standard InChI is InChI=1S/C28H28O3S/c1-28(2,3)24-15-12-20(13-16-24)26-11-7-9-21-18-22(14-17-27(21)26)25-10-6-5-8-23(25)19-31-32(4,29)30/h5-18H,19H2,1-4H3. The Hall–Kier alpha value is -2.95. The van der Waals surface area contributed by atoms with Gasteiger partial charge in [-0.15, -0.1) is 0 Å². The molecule has 0 unspecified atom stereocenters. The predicted molar refractivity (Wildman–Crippen MR) is 133 cm³/mol. The second kappa shape index (κ2) is 8.53. The fraction of sp³-hybridized carbons (Fsp3) is 0.214. The van der Waals surface area contributed by atoms with Crippen LogP contribution in [-0.4, -0.2) is 14.7 Å². The Kier molecular flexibility index (Phi) is 5.93. The Morgan fingerprint density at radius 3 is 2.09 bits per heavy atom. The maximum Gasteiger partial charge on any atom is 0.264 e. The molecule has 0 aliphatic heterocycles. The topological polar surface area (TPSA) is 43.4 Å². The van der Waals surface area contributed by atoms with E-state index in [1.54, 1.807) is 0 Å². The molecule has 3 nitrogen and oxygen atoms in total. The fourth-order valence-corrected chi connectivity index (χ4v) is 4.29. The molecule has 0 atom stereocenters. The molecule has 0 fully saturated rings. The molecule has 0 radical (unpaired) electrons. The van der Waals surface area contributed by atoms with E-state index in [2.05, 4.69) is 81.4 Å². The fourth-order valence-electron chi connectivity index (χ4n) is 3.95. The maximum absolute atomic E-state index is 11.5. The van der Waals surface area contributed by atoms with Crippen molar-refractivity contribution in [1.82, 2.24) is 0 Å². The molecule has 0 heterocycles. The molecule has 0 spiro atoms. The van der Waals surface area contributed by atoms with E-state index in [9.17, 15) is 8.42 Å². The first kappa shape index (κ1) is 22.3. The van der Waals surface area contributed by atoms with Gasteiger partial charge in [-0.2, -0.15) is 8.42 Å². The van der Waals surface area contributed by atoms with E-state index in [1.807, 2.05) is 24.3 Å². The average Bonchev–Trinajstić information content (AvgIpc) is 2.76. The van der Waals surface area contributed by atoms with Gasteiger partial charge < -0.3 is 0 Å². The summed E-state index contributed by atoms with van der Waals surface area (Å²) in [7, 11) is -3.50. The van der Waals surface area contributed by atoms with Gasteiger partial charge in [0.25, 0.3) is 10.1 Å². The van der Waals surface area contributed by atoms with Gasteiger partial charge in [-0.25, -0.2) is 0 Å². The number of hydrogen-bond acceptors (Lipinski definition) is 3. The molecule has 0 aromatic heterocycles. The number of benzene rings is 4. The highest BCUT2D eigenvalue weighted by Gasteiger charge is 2.14. The van der Waals surface area contributed by atoms with Crippen molar-refractivity contribution < 1.29 is 12.6 Å².